The molecule has 26 heavy (non-hydrogen) atoms. The normalized spacial score (nSPS) is 14.5. The Hall–Kier alpha value is -1.42. The zero-order valence-electron chi connectivity index (χ0n) is 14.9. The summed E-state index contributed by atoms with van der Waals surface area (Å²) in [5, 5.41) is 14.0. The molecule has 0 heterocycles. The Morgan fingerprint density at radius 2 is 1.77 bits per heavy atom. The van der Waals surface area contributed by atoms with Crippen LogP contribution in [-0.2, 0) is 10.2 Å². The molecule has 2 N–H and O–H groups in total. The predicted molar refractivity (Wildman–Crippen MR) is 108 cm³/mol. The average Bonchev–Trinajstić information content (AvgIpc) is 2.59. The second kappa shape index (κ2) is 8.51. The van der Waals surface area contributed by atoms with Gasteiger partial charge >= 0.3 is 0 Å². The average molecular weight is 415 g/mol. The highest BCUT2D eigenvalue weighted by Crippen LogP contribution is 2.35. The lowest BCUT2D eigenvalue weighted by molar-refractivity contribution is -0.127. The Morgan fingerprint density at radius 1 is 1.12 bits per heavy atom. The van der Waals surface area contributed by atoms with E-state index in [1.165, 1.54) is 0 Å². The maximum Gasteiger partial charge on any atom is 0.230 e. The molecule has 2 aromatic rings. The minimum Gasteiger partial charge on any atom is -0.506 e. The van der Waals surface area contributed by atoms with Gasteiger partial charge in [0, 0.05) is 0 Å². The molecule has 0 aliphatic rings. The van der Waals surface area contributed by atoms with Crippen molar-refractivity contribution in [2.75, 3.05) is 0 Å². The summed E-state index contributed by atoms with van der Waals surface area (Å²) in [7, 11) is 0. The van der Waals surface area contributed by atoms with E-state index >= 15 is 0 Å². The minimum absolute atomic E-state index is 0.00827. The van der Waals surface area contributed by atoms with Gasteiger partial charge in [0.2, 0.25) is 5.91 Å². The van der Waals surface area contributed by atoms with Crippen molar-refractivity contribution in [2.24, 2.45) is 0 Å². The highest BCUT2D eigenvalue weighted by Gasteiger charge is 2.35. The van der Waals surface area contributed by atoms with Gasteiger partial charge in [-0.2, -0.15) is 0 Å². The van der Waals surface area contributed by atoms with Gasteiger partial charge < -0.3 is 10.4 Å². The molecule has 0 aromatic heterocycles. The van der Waals surface area contributed by atoms with Gasteiger partial charge in [-0.1, -0.05) is 60.3 Å². The predicted octanol–water partition coefficient (Wildman–Crippen LogP) is 6.29. The molecular weight excluding hydrogens is 393 g/mol. The van der Waals surface area contributed by atoms with E-state index in [2.05, 4.69) is 5.32 Å². The third-order valence-electron chi connectivity index (χ3n) is 4.63. The summed E-state index contributed by atoms with van der Waals surface area (Å²) in [5.74, 6) is -0.120. The van der Waals surface area contributed by atoms with Gasteiger partial charge in [-0.25, -0.2) is 0 Å². The summed E-state index contributed by atoms with van der Waals surface area (Å²) in [6.45, 7) is 5.79. The van der Waals surface area contributed by atoms with Crippen LogP contribution < -0.4 is 5.32 Å². The molecule has 0 bridgehead atoms. The number of phenolic OH excluding ortho intramolecular Hbond substituents is 1. The Bertz CT molecular complexity index is 810. The fourth-order valence-corrected chi connectivity index (χ4v) is 3.38. The number of nitrogens with one attached hydrogen (secondary N) is 1. The quantitative estimate of drug-likeness (QED) is 0.583. The first-order valence-corrected chi connectivity index (χ1v) is 9.57. The number of halogens is 3. The second-order valence-electron chi connectivity index (χ2n) is 6.62. The maximum atomic E-state index is 13.1. The summed E-state index contributed by atoms with van der Waals surface area (Å²) in [6.07, 6.45) is 1.50. The van der Waals surface area contributed by atoms with Crippen LogP contribution in [0.25, 0.3) is 0 Å². The van der Waals surface area contributed by atoms with E-state index < -0.39 is 5.41 Å². The maximum absolute atomic E-state index is 13.1. The standard InChI is InChI=1S/C20H22Cl3NO2/c1-4-9-20(3,14-6-8-15(21)17(23)11-14)19(26)24-12(2)13-5-7-16(22)18(25)10-13/h5-8,10-12,25H,4,9H2,1-3H3,(H,24,26)/t12-,20?/m1/s1. The summed E-state index contributed by atoms with van der Waals surface area (Å²) in [5.41, 5.74) is 0.844. The largest absolute Gasteiger partial charge is 0.506 e. The topological polar surface area (TPSA) is 49.3 Å². The number of amides is 1. The van der Waals surface area contributed by atoms with E-state index in [9.17, 15) is 9.90 Å². The number of phenols is 1. The van der Waals surface area contributed by atoms with Crippen LogP contribution in [0.15, 0.2) is 36.4 Å². The Morgan fingerprint density at radius 3 is 2.35 bits per heavy atom. The monoisotopic (exact) mass is 413 g/mol. The van der Waals surface area contributed by atoms with Crippen LogP contribution in [0.2, 0.25) is 15.1 Å². The van der Waals surface area contributed by atoms with Crippen molar-refractivity contribution in [3.63, 3.8) is 0 Å². The molecule has 140 valence electrons. The van der Waals surface area contributed by atoms with Crippen LogP contribution in [0.5, 0.6) is 5.75 Å². The molecule has 3 nitrogen and oxygen atoms in total. The van der Waals surface area contributed by atoms with Crippen molar-refractivity contribution in [3.8, 4) is 5.75 Å². The van der Waals surface area contributed by atoms with Crippen LogP contribution in [0, 0.1) is 0 Å². The van der Waals surface area contributed by atoms with E-state index in [0.29, 0.717) is 16.5 Å². The van der Waals surface area contributed by atoms with Gasteiger partial charge in [0.05, 0.1) is 26.5 Å². The number of aromatic hydroxyl groups is 1. The lowest BCUT2D eigenvalue weighted by Crippen LogP contribution is -2.43. The van der Waals surface area contributed by atoms with Crippen molar-refractivity contribution in [1.82, 2.24) is 5.32 Å². The van der Waals surface area contributed by atoms with Gasteiger partial charge in [-0.3, -0.25) is 4.79 Å². The molecule has 0 fully saturated rings. The number of carbonyl (C=O) groups excluding carboxylic acids is 1. The molecule has 6 heteroatoms. The number of rotatable bonds is 6. The molecular formula is C20H22Cl3NO2. The van der Waals surface area contributed by atoms with Gasteiger partial charge in [0.25, 0.3) is 0 Å². The third-order valence-corrected chi connectivity index (χ3v) is 5.68. The van der Waals surface area contributed by atoms with Crippen molar-refractivity contribution in [1.29, 1.82) is 0 Å². The minimum atomic E-state index is -0.744. The van der Waals surface area contributed by atoms with Crippen LogP contribution in [-0.4, -0.2) is 11.0 Å². The SMILES string of the molecule is CCCC(C)(C(=O)N[C@H](C)c1ccc(Cl)c(O)c1)c1ccc(Cl)c(Cl)c1. The van der Waals surface area contributed by atoms with E-state index in [-0.39, 0.29) is 22.7 Å². The lowest BCUT2D eigenvalue weighted by Gasteiger charge is -2.31. The van der Waals surface area contributed by atoms with Crippen molar-refractivity contribution in [3.05, 3.63) is 62.6 Å². The molecule has 2 atom stereocenters. The van der Waals surface area contributed by atoms with Crippen LogP contribution in [0.1, 0.15) is 50.8 Å². The molecule has 1 unspecified atom stereocenters. The van der Waals surface area contributed by atoms with Gasteiger partial charge in [0.15, 0.2) is 0 Å². The van der Waals surface area contributed by atoms with Crippen molar-refractivity contribution >= 4 is 40.7 Å². The first-order valence-electron chi connectivity index (χ1n) is 8.44. The zero-order valence-corrected chi connectivity index (χ0v) is 17.2. The molecule has 1 amide bonds. The molecule has 2 aromatic carbocycles. The molecule has 0 aliphatic carbocycles. The van der Waals surface area contributed by atoms with Gasteiger partial charge in [-0.05, 0) is 55.7 Å². The third kappa shape index (κ3) is 4.46. The lowest BCUT2D eigenvalue weighted by atomic mass is 9.77. The molecule has 0 saturated heterocycles. The molecule has 0 saturated carbocycles. The van der Waals surface area contributed by atoms with Crippen LogP contribution >= 0.6 is 34.8 Å². The van der Waals surface area contributed by atoms with Crippen molar-refractivity contribution in [2.45, 2.75) is 45.1 Å². The summed E-state index contributed by atoms with van der Waals surface area (Å²) < 4.78 is 0. The first kappa shape index (κ1) is 20.9. The van der Waals surface area contributed by atoms with Gasteiger partial charge in [-0.15, -0.1) is 0 Å². The molecule has 0 spiro atoms. The van der Waals surface area contributed by atoms with Crippen LogP contribution in [0.4, 0.5) is 0 Å². The summed E-state index contributed by atoms with van der Waals surface area (Å²) in [6, 6.07) is 9.96. The summed E-state index contributed by atoms with van der Waals surface area (Å²) >= 11 is 18.0. The molecule has 0 radical (unpaired) electrons. The van der Waals surface area contributed by atoms with Crippen molar-refractivity contribution < 1.29 is 9.90 Å². The highest BCUT2D eigenvalue weighted by atomic mass is 35.5. The number of hydrogen-bond acceptors (Lipinski definition) is 2. The van der Waals surface area contributed by atoms with E-state index in [0.717, 1.165) is 17.5 Å². The summed E-state index contributed by atoms with van der Waals surface area (Å²) in [4.78, 5) is 13.1. The van der Waals surface area contributed by atoms with E-state index in [4.69, 9.17) is 34.8 Å². The molecule has 0 aliphatic heterocycles. The fraction of sp³-hybridized carbons (Fsp3) is 0.350. The van der Waals surface area contributed by atoms with E-state index in [1.54, 1.807) is 30.3 Å². The number of benzene rings is 2. The van der Waals surface area contributed by atoms with Gasteiger partial charge in [0.1, 0.15) is 5.75 Å². The first-order chi connectivity index (χ1) is 12.2. The fourth-order valence-electron chi connectivity index (χ4n) is 2.97. The number of hydrogen-bond donors (Lipinski definition) is 2. The van der Waals surface area contributed by atoms with E-state index in [1.807, 2.05) is 26.8 Å². The number of carbonyl (C=O) groups is 1. The smallest absolute Gasteiger partial charge is 0.230 e. The molecule has 2 rings (SSSR count). The Balaban J connectivity index is 2.29. The van der Waals surface area contributed by atoms with Crippen LogP contribution in [0.3, 0.4) is 0 Å². The highest BCUT2D eigenvalue weighted by molar-refractivity contribution is 6.42. The Labute approximate surface area is 169 Å². The zero-order chi connectivity index (χ0) is 19.5. The second-order valence-corrected chi connectivity index (χ2v) is 7.84. The Kier molecular flexibility index (Phi) is 6.84.